The van der Waals surface area contributed by atoms with E-state index in [0.717, 1.165) is 25.0 Å². The first-order chi connectivity index (χ1) is 6.66. The molecule has 0 rings (SSSR count). The van der Waals surface area contributed by atoms with Crippen molar-refractivity contribution in [3.8, 4) is 0 Å². The second kappa shape index (κ2) is 8.04. The number of hydrogen-bond acceptors (Lipinski definition) is 4. The molecule has 4 nitrogen and oxygen atoms in total. The van der Waals surface area contributed by atoms with Crippen molar-refractivity contribution in [2.24, 2.45) is 0 Å². The highest BCUT2D eigenvalue weighted by atomic mass is 16.5. The Bertz CT molecular complexity index is 241. The average molecular weight is 197 g/mol. The molecule has 0 atom stereocenters. The fourth-order valence-corrected chi connectivity index (χ4v) is 0.633. The van der Waals surface area contributed by atoms with Gasteiger partial charge in [-0.3, -0.25) is 0 Å². The van der Waals surface area contributed by atoms with Gasteiger partial charge in [0.05, 0.1) is 12.6 Å². The lowest BCUT2D eigenvalue weighted by Crippen LogP contribution is -2.18. The third-order valence-corrected chi connectivity index (χ3v) is 1.32. The van der Waals surface area contributed by atoms with E-state index in [9.17, 15) is 14.7 Å². The Morgan fingerprint density at radius 3 is 2.50 bits per heavy atom. The number of hydrogen-bond donors (Lipinski definition) is 0. The van der Waals surface area contributed by atoms with Gasteiger partial charge < -0.3 is 14.6 Å². The van der Waals surface area contributed by atoms with Crippen LogP contribution in [0.15, 0.2) is 24.3 Å². The third kappa shape index (κ3) is 8.52. The number of carboxylic acid groups (broad SMARTS) is 1. The zero-order valence-electron chi connectivity index (χ0n) is 8.06. The van der Waals surface area contributed by atoms with Gasteiger partial charge in [0.15, 0.2) is 0 Å². The molecule has 0 bridgehead atoms. The van der Waals surface area contributed by atoms with Crippen LogP contribution in [0, 0.1) is 0 Å². The first-order valence-corrected chi connectivity index (χ1v) is 4.39. The predicted molar refractivity (Wildman–Crippen MR) is 49.2 cm³/mol. The number of allylic oxidation sites excluding steroid dienone is 2. The normalized spacial score (nSPS) is 10.9. The summed E-state index contributed by atoms with van der Waals surface area (Å²) in [5.74, 6) is -1.77. The highest BCUT2D eigenvalue weighted by Crippen LogP contribution is 1.89. The van der Waals surface area contributed by atoms with Crippen LogP contribution in [0.2, 0.25) is 0 Å². The van der Waals surface area contributed by atoms with E-state index >= 15 is 0 Å². The van der Waals surface area contributed by atoms with Gasteiger partial charge in [0, 0.05) is 6.08 Å². The molecule has 0 spiro atoms. The summed E-state index contributed by atoms with van der Waals surface area (Å²) in [6.45, 7) is 2.39. The van der Waals surface area contributed by atoms with Crippen molar-refractivity contribution in [1.29, 1.82) is 0 Å². The maximum Gasteiger partial charge on any atom is 0.330 e. The average Bonchev–Trinajstić information content (AvgIpc) is 2.13. The maximum atomic E-state index is 10.9. The van der Waals surface area contributed by atoms with E-state index in [4.69, 9.17) is 4.74 Å². The molecule has 0 amide bonds. The molecule has 0 saturated heterocycles. The van der Waals surface area contributed by atoms with Crippen LogP contribution in [-0.4, -0.2) is 18.5 Å². The van der Waals surface area contributed by atoms with Gasteiger partial charge in [-0.15, -0.1) is 0 Å². The Hall–Kier alpha value is -1.58. The zero-order valence-corrected chi connectivity index (χ0v) is 8.06. The summed E-state index contributed by atoms with van der Waals surface area (Å²) in [7, 11) is 0. The molecule has 78 valence electrons. The van der Waals surface area contributed by atoms with E-state index in [1.54, 1.807) is 0 Å². The van der Waals surface area contributed by atoms with Crippen molar-refractivity contribution in [2.75, 3.05) is 6.61 Å². The summed E-state index contributed by atoms with van der Waals surface area (Å²) in [6.07, 6.45) is 6.28. The molecule has 0 heterocycles. The van der Waals surface area contributed by atoms with Gasteiger partial charge in [-0.25, -0.2) is 4.79 Å². The van der Waals surface area contributed by atoms with Crippen LogP contribution >= 0.6 is 0 Å². The molecule has 0 unspecified atom stereocenters. The molecule has 0 saturated carbocycles. The topological polar surface area (TPSA) is 66.4 Å². The van der Waals surface area contributed by atoms with E-state index in [1.807, 2.05) is 6.92 Å². The molecule has 4 heteroatoms. The number of rotatable bonds is 6. The lowest BCUT2D eigenvalue weighted by molar-refractivity contribution is -0.297. The molecule has 0 aliphatic heterocycles. The minimum absolute atomic E-state index is 0.393. The largest absolute Gasteiger partial charge is 0.545 e. The summed E-state index contributed by atoms with van der Waals surface area (Å²) in [5, 5.41) is 9.91. The van der Waals surface area contributed by atoms with Crippen LogP contribution < -0.4 is 5.11 Å². The van der Waals surface area contributed by atoms with Crippen molar-refractivity contribution in [3.05, 3.63) is 24.3 Å². The van der Waals surface area contributed by atoms with Gasteiger partial charge in [-0.1, -0.05) is 25.5 Å². The van der Waals surface area contributed by atoms with E-state index in [1.165, 1.54) is 12.2 Å². The molecule has 14 heavy (non-hydrogen) atoms. The molecule has 0 fully saturated rings. The molecule has 0 aromatic heterocycles. The Balaban J connectivity index is 3.66. The number of aliphatic carboxylic acids is 1. The molecule has 0 aromatic rings. The van der Waals surface area contributed by atoms with Crippen molar-refractivity contribution < 1.29 is 19.4 Å². The number of ether oxygens (including phenoxy) is 1. The van der Waals surface area contributed by atoms with Crippen molar-refractivity contribution in [3.63, 3.8) is 0 Å². The minimum atomic E-state index is -1.30. The predicted octanol–water partition coefficient (Wildman–Crippen LogP) is 0.192. The number of esters is 1. The van der Waals surface area contributed by atoms with Gasteiger partial charge >= 0.3 is 5.97 Å². The van der Waals surface area contributed by atoms with Crippen molar-refractivity contribution in [2.45, 2.75) is 19.8 Å². The van der Waals surface area contributed by atoms with Crippen LogP contribution in [0.5, 0.6) is 0 Å². The standard InChI is InChI=1S/C10H14O4/c1-2-3-8-14-10(13)7-5-4-6-9(11)12/h4-7H,2-3,8H2,1H3,(H,11,12)/p-1/b6-4+,7-5+. The monoisotopic (exact) mass is 197 g/mol. The van der Waals surface area contributed by atoms with E-state index < -0.39 is 11.9 Å². The molecular weight excluding hydrogens is 184 g/mol. The number of carbonyl (C=O) groups is 2. The minimum Gasteiger partial charge on any atom is -0.545 e. The smallest absolute Gasteiger partial charge is 0.330 e. The second-order valence-corrected chi connectivity index (χ2v) is 2.56. The Morgan fingerprint density at radius 2 is 1.93 bits per heavy atom. The first-order valence-electron chi connectivity index (χ1n) is 4.39. The molecule has 0 aliphatic carbocycles. The molecule has 0 aliphatic rings. The van der Waals surface area contributed by atoms with Gasteiger partial charge in [0.2, 0.25) is 0 Å². The molecule has 0 aromatic carbocycles. The Kier molecular flexibility index (Phi) is 7.13. The summed E-state index contributed by atoms with van der Waals surface area (Å²) in [5.41, 5.74) is 0. The second-order valence-electron chi connectivity index (χ2n) is 2.56. The van der Waals surface area contributed by atoms with Gasteiger partial charge in [0.25, 0.3) is 0 Å². The Labute approximate surface area is 82.9 Å². The van der Waals surface area contributed by atoms with Crippen molar-refractivity contribution in [1.82, 2.24) is 0 Å². The summed E-state index contributed by atoms with van der Waals surface area (Å²) < 4.78 is 4.77. The van der Waals surface area contributed by atoms with Crippen LogP contribution in [0.4, 0.5) is 0 Å². The summed E-state index contributed by atoms with van der Waals surface area (Å²) >= 11 is 0. The third-order valence-electron chi connectivity index (χ3n) is 1.32. The van der Waals surface area contributed by atoms with Gasteiger partial charge in [0.1, 0.15) is 0 Å². The number of unbranched alkanes of at least 4 members (excludes halogenated alkanes) is 1. The van der Waals surface area contributed by atoms with E-state index in [-0.39, 0.29) is 0 Å². The molecule has 0 N–H and O–H groups in total. The van der Waals surface area contributed by atoms with Gasteiger partial charge in [-0.05, 0) is 12.5 Å². The first kappa shape index (κ1) is 12.4. The van der Waals surface area contributed by atoms with E-state index in [0.29, 0.717) is 6.61 Å². The highest BCUT2D eigenvalue weighted by Gasteiger charge is 1.93. The molecule has 0 radical (unpaired) electrons. The SMILES string of the molecule is CCCCOC(=O)/C=C/C=C/C(=O)[O-]. The quantitative estimate of drug-likeness (QED) is 0.264. The lowest BCUT2D eigenvalue weighted by atomic mass is 10.4. The van der Waals surface area contributed by atoms with Crippen LogP contribution in [0.1, 0.15) is 19.8 Å². The molecular formula is C10H13O4-. The summed E-state index contributed by atoms with van der Waals surface area (Å²) in [4.78, 5) is 20.8. The van der Waals surface area contributed by atoms with Crippen molar-refractivity contribution >= 4 is 11.9 Å². The van der Waals surface area contributed by atoms with Crippen LogP contribution in [0.25, 0.3) is 0 Å². The van der Waals surface area contributed by atoms with Crippen LogP contribution in [0.3, 0.4) is 0 Å². The zero-order chi connectivity index (χ0) is 10.8. The number of carboxylic acids is 1. The lowest BCUT2D eigenvalue weighted by Gasteiger charge is -1.98. The van der Waals surface area contributed by atoms with E-state index in [2.05, 4.69) is 0 Å². The van der Waals surface area contributed by atoms with Gasteiger partial charge in [-0.2, -0.15) is 0 Å². The maximum absolute atomic E-state index is 10.9. The highest BCUT2D eigenvalue weighted by molar-refractivity contribution is 5.83. The fraction of sp³-hybridized carbons (Fsp3) is 0.400. The number of carbonyl (C=O) groups excluding carboxylic acids is 2. The summed E-state index contributed by atoms with van der Waals surface area (Å²) in [6, 6.07) is 0. The van der Waals surface area contributed by atoms with Crippen LogP contribution in [-0.2, 0) is 14.3 Å². The fourth-order valence-electron chi connectivity index (χ4n) is 0.633. The Morgan fingerprint density at radius 1 is 1.29 bits per heavy atom.